The molecule has 0 bridgehead atoms. The zero-order valence-electron chi connectivity index (χ0n) is 18.1. The number of amides is 1. The minimum absolute atomic E-state index is 0.0612. The number of benzene rings is 3. The van der Waals surface area contributed by atoms with Crippen molar-refractivity contribution in [1.82, 2.24) is 4.98 Å². The summed E-state index contributed by atoms with van der Waals surface area (Å²) in [6.45, 7) is 0. The number of nitrogens with zero attached hydrogens (tertiary/aromatic N) is 3. The quantitative estimate of drug-likeness (QED) is 0.258. The van der Waals surface area contributed by atoms with Crippen molar-refractivity contribution in [3.8, 4) is 5.75 Å². The monoisotopic (exact) mass is 485 g/mol. The fourth-order valence-electron chi connectivity index (χ4n) is 4.33. The molecule has 0 unspecified atom stereocenters. The van der Waals surface area contributed by atoms with E-state index in [0.717, 1.165) is 4.70 Å². The first-order chi connectivity index (χ1) is 17.0. The molecule has 0 N–H and O–H groups in total. The van der Waals surface area contributed by atoms with Gasteiger partial charge in [-0.25, -0.2) is 4.98 Å². The van der Waals surface area contributed by atoms with E-state index in [2.05, 4.69) is 4.98 Å². The average molecular weight is 485 g/mol. The Hall–Kier alpha value is -4.57. The Bertz CT molecular complexity index is 1720. The van der Waals surface area contributed by atoms with E-state index in [1.807, 2.05) is 6.07 Å². The maximum atomic E-state index is 13.7. The molecule has 1 aliphatic heterocycles. The van der Waals surface area contributed by atoms with E-state index in [9.17, 15) is 19.7 Å². The maximum absolute atomic E-state index is 13.7. The molecule has 0 radical (unpaired) electrons. The number of aromatic nitrogens is 1. The van der Waals surface area contributed by atoms with Gasteiger partial charge in [0.25, 0.3) is 11.6 Å². The van der Waals surface area contributed by atoms with Gasteiger partial charge in [-0.15, -0.1) is 0 Å². The third-order valence-electron chi connectivity index (χ3n) is 5.99. The number of carbonyl (C=O) groups excluding carboxylic acids is 1. The molecule has 6 rings (SSSR count). The Morgan fingerprint density at radius 2 is 1.86 bits per heavy atom. The van der Waals surface area contributed by atoms with Crippen LogP contribution in [0.1, 0.15) is 27.7 Å². The van der Waals surface area contributed by atoms with E-state index in [0.29, 0.717) is 32.9 Å². The highest BCUT2D eigenvalue weighted by molar-refractivity contribution is 7.22. The van der Waals surface area contributed by atoms with Crippen LogP contribution in [0.25, 0.3) is 21.2 Å². The van der Waals surface area contributed by atoms with Crippen LogP contribution in [0.2, 0.25) is 0 Å². The third kappa shape index (κ3) is 3.18. The van der Waals surface area contributed by atoms with Gasteiger partial charge in [0.05, 0.1) is 39.2 Å². The van der Waals surface area contributed by atoms with E-state index < -0.39 is 16.9 Å². The summed E-state index contributed by atoms with van der Waals surface area (Å²) in [5.41, 5.74) is 1.26. The number of hydrogen-bond acceptors (Lipinski definition) is 8. The molecule has 0 spiro atoms. The summed E-state index contributed by atoms with van der Waals surface area (Å²) in [7, 11) is 1.57. The van der Waals surface area contributed by atoms with Gasteiger partial charge in [0.15, 0.2) is 10.6 Å². The number of ether oxygens (including phenoxy) is 1. The van der Waals surface area contributed by atoms with Crippen molar-refractivity contribution >= 4 is 49.2 Å². The van der Waals surface area contributed by atoms with E-state index in [1.54, 1.807) is 55.6 Å². The Kier molecular flexibility index (Phi) is 4.64. The Labute approximate surface area is 201 Å². The Morgan fingerprint density at radius 1 is 1.09 bits per heavy atom. The number of para-hydroxylation sites is 1. The molecular weight excluding hydrogens is 470 g/mol. The first-order valence-corrected chi connectivity index (χ1v) is 11.4. The summed E-state index contributed by atoms with van der Waals surface area (Å²) >= 11 is 1.28. The summed E-state index contributed by atoms with van der Waals surface area (Å²) in [4.78, 5) is 44.0. The van der Waals surface area contributed by atoms with Crippen molar-refractivity contribution in [3.05, 3.63) is 104 Å². The fraction of sp³-hybridized carbons (Fsp3) is 0.0800. The van der Waals surface area contributed by atoms with Crippen LogP contribution in [0.15, 0.2) is 75.9 Å². The second kappa shape index (κ2) is 7.74. The van der Waals surface area contributed by atoms with Gasteiger partial charge < -0.3 is 9.15 Å². The molecule has 0 saturated heterocycles. The minimum atomic E-state index is -0.860. The Morgan fingerprint density at radius 3 is 2.60 bits per heavy atom. The number of hydrogen-bond donors (Lipinski definition) is 0. The first kappa shape index (κ1) is 21.0. The number of carbonyl (C=O) groups is 1. The van der Waals surface area contributed by atoms with Crippen LogP contribution in [-0.2, 0) is 0 Å². The fourth-order valence-corrected chi connectivity index (χ4v) is 5.35. The molecule has 5 aromatic rings. The van der Waals surface area contributed by atoms with Crippen LogP contribution >= 0.6 is 11.3 Å². The predicted octanol–water partition coefficient (Wildman–Crippen LogP) is 5.07. The SMILES string of the molecule is COc1ccc2nc(N3C(=O)c4oc5ccccc5c(=O)c4[C@@H]3c3ccc([N+](=O)[O-])cc3)sc2c1. The number of thiazole rings is 1. The van der Waals surface area contributed by atoms with Crippen LogP contribution in [0.4, 0.5) is 10.8 Å². The van der Waals surface area contributed by atoms with E-state index >= 15 is 0 Å². The molecule has 1 atom stereocenters. The van der Waals surface area contributed by atoms with Crippen LogP contribution in [0.5, 0.6) is 5.75 Å². The van der Waals surface area contributed by atoms with Crippen molar-refractivity contribution in [3.63, 3.8) is 0 Å². The maximum Gasteiger partial charge on any atom is 0.297 e. The second-order valence-electron chi connectivity index (χ2n) is 7.93. The predicted molar refractivity (Wildman–Crippen MR) is 130 cm³/mol. The lowest BCUT2D eigenvalue weighted by molar-refractivity contribution is -0.384. The van der Waals surface area contributed by atoms with Crippen LogP contribution < -0.4 is 15.1 Å². The van der Waals surface area contributed by atoms with Gasteiger partial charge in [0.2, 0.25) is 5.76 Å². The number of nitro benzene ring substituents is 1. The molecule has 0 aliphatic carbocycles. The lowest BCUT2D eigenvalue weighted by Crippen LogP contribution is -2.29. The minimum Gasteiger partial charge on any atom is -0.497 e. The zero-order valence-corrected chi connectivity index (χ0v) is 18.9. The second-order valence-corrected chi connectivity index (χ2v) is 8.94. The summed E-state index contributed by atoms with van der Waals surface area (Å²) in [5.74, 6) is 0.0878. The van der Waals surface area contributed by atoms with Crippen molar-refractivity contribution in [2.75, 3.05) is 12.0 Å². The number of fused-ring (bicyclic) bond motifs is 3. The van der Waals surface area contributed by atoms with Crippen molar-refractivity contribution < 1.29 is 18.9 Å². The molecule has 2 aromatic heterocycles. The normalized spacial score (nSPS) is 15.1. The highest BCUT2D eigenvalue weighted by Gasteiger charge is 2.45. The number of nitro groups is 1. The lowest BCUT2D eigenvalue weighted by Gasteiger charge is -2.22. The molecule has 3 heterocycles. The molecule has 172 valence electrons. The molecule has 9 nitrogen and oxygen atoms in total. The Balaban J connectivity index is 1.60. The van der Waals surface area contributed by atoms with Crippen molar-refractivity contribution in [2.45, 2.75) is 6.04 Å². The third-order valence-corrected chi connectivity index (χ3v) is 7.01. The van der Waals surface area contributed by atoms with Gasteiger partial charge in [-0.2, -0.15) is 0 Å². The number of anilines is 1. The largest absolute Gasteiger partial charge is 0.497 e. The molecule has 3 aromatic carbocycles. The first-order valence-electron chi connectivity index (χ1n) is 10.5. The topological polar surface area (TPSA) is 116 Å². The number of methoxy groups -OCH3 is 1. The molecule has 1 amide bonds. The highest BCUT2D eigenvalue weighted by atomic mass is 32.1. The summed E-state index contributed by atoms with van der Waals surface area (Å²) in [6.07, 6.45) is 0. The molecule has 10 heteroatoms. The average Bonchev–Trinajstić information content (AvgIpc) is 3.42. The van der Waals surface area contributed by atoms with E-state index in [1.165, 1.54) is 28.4 Å². The zero-order chi connectivity index (χ0) is 24.3. The molecule has 1 aliphatic rings. The van der Waals surface area contributed by atoms with Gasteiger partial charge in [-0.3, -0.25) is 24.6 Å². The molecule has 0 fully saturated rings. The summed E-state index contributed by atoms with van der Waals surface area (Å²) in [6, 6.07) is 17.0. The molecule has 35 heavy (non-hydrogen) atoms. The van der Waals surface area contributed by atoms with Crippen LogP contribution in [0, 0.1) is 10.1 Å². The lowest BCUT2D eigenvalue weighted by atomic mass is 9.98. The molecule has 0 saturated carbocycles. The van der Waals surface area contributed by atoms with E-state index in [-0.39, 0.29) is 22.4 Å². The number of non-ortho nitro benzene ring substituents is 1. The summed E-state index contributed by atoms with van der Waals surface area (Å²) in [5, 5.41) is 11.9. The van der Waals surface area contributed by atoms with Crippen molar-refractivity contribution in [1.29, 1.82) is 0 Å². The van der Waals surface area contributed by atoms with Gasteiger partial charge in [0, 0.05) is 12.1 Å². The summed E-state index contributed by atoms with van der Waals surface area (Å²) < 4.78 is 12.0. The molecular formula is C25H15N3O6S. The van der Waals surface area contributed by atoms with Crippen LogP contribution in [-0.4, -0.2) is 22.9 Å². The smallest absolute Gasteiger partial charge is 0.297 e. The van der Waals surface area contributed by atoms with Crippen molar-refractivity contribution in [2.24, 2.45) is 0 Å². The highest BCUT2D eigenvalue weighted by Crippen LogP contribution is 2.44. The van der Waals surface area contributed by atoms with Gasteiger partial charge in [0.1, 0.15) is 11.3 Å². The van der Waals surface area contributed by atoms with Gasteiger partial charge >= 0.3 is 0 Å². The standard InChI is InChI=1S/C25H15N3O6S/c1-33-15-10-11-17-19(12-15)35-25(26-17)27-21(13-6-8-14(9-7-13)28(31)32)20-22(29)16-4-2-3-5-18(16)34-23(20)24(27)30/h2-12,21H,1H3/t21-/m0/s1. The van der Waals surface area contributed by atoms with E-state index in [4.69, 9.17) is 9.15 Å². The van der Waals surface area contributed by atoms with Crippen LogP contribution in [0.3, 0.4) is 0 Å². The number of rotatable bonds is 4. The van der Waals surface area contributed by atoms with Gasteiger partial charge in [-0.1, -0.05) is 23.5 Å². The van der Waals surface area contributed by atoms with Gasteiger partial charge in [-0.05, 0) is 48.0 Å².